The van der Waals surface area contributed by atoms with Gasteiger partial charge in [0.25, 0.3) is 5.91 Å². The third kappa shape index (κ3) is 4.33. The average molecular weight is 432 g/mol. The SMILES string of the molecule is CCCN1c2cc(C)c(/C=C3/SC(=Nc4ccccc4)NC3=O)cc2C(C)=CC1(C)C. The molecule has 1 N–H and O–H groups in total. The molecular formula is C26H29N3OS. The van der Waals surface area contributed by atoms with Crippen LogP contribution in [0.4, 0.5) is 11.4 Å². The Kier molecular flexibility index (Phi) is 5.80. The van der Waals surface area contributed by atoms with Gasteiger partial charge in [0.2, 0.25) is 0 Å². The van der Waals surface area contributed by atoms with Crippen LogP contribution >= 0.6 is 11.8 Å². The van der Waals surface area contributed by atoms with Crippen LogP contribution in [0, 0.1) is 6.92 Å². The van der Waals surface area contributed by atoms with Crippen molar-refractivity contribution in [2.24, 2.45) is 4.99 Å². The van der Waals surface area contributed by atoms with E-state index >= 15 is 0 Å². The summed E-state index contributed by atoms with van der Waals surface area (Å²) in [5.41, 5.74) is 6.86. The molecule has 0 bridgehead atoms. The zero-order valence-corrected chi connectivity index (χ0v) is 19.6. The molecule has 2 aromatic rings. The molecule has 160 valence electrons. The van der Waals surface area contributed by atoms with Gasteiger partial charge in [-0.15, -0.1) is 0 Å². The molecule has 2 aromatic carbocycles. The van der Waals surface area contributed by atoms with Crippen LogP contribution in [-0.2, 0) is 4.79 Å². The number of rotatable bonds is 4. The highest BCUT2D eigenvalue weighted by Crippen LogP contribution is 2.41. The van der Waals surface area contributed by atoms with Crippen LogP contribution in [0.25, 0.3) is 11.6 Å². The Labute approximate surface area is 189 Å². The molecule has 1 saturated heterocycles. The van der Waals surface area contributed by atoms with Crippen molar-refractivity contribution in [3.05, 3.63) is 70.1 Å². The maximum Gasteiger partial charge on any atom is 0.264 e. The second kappa shape index (κ2) is 8.39. The fourth-order valence-electron chi connectivity index (χ4n) is 4.27. The summed E-state index contributed by atoms with van der Waals surface area (Å²) in [5, 5.41) is 3.50. The number of amides is 1. The zero-order valence-electron chi connectivity index (χ0n) is 18.8. The molecule has 0 aliphatic carbocycles. The number of carbonyl (C=O) groups is 1. The van der Waals surface area contributed by atoms with E-state index in [1.165, 1.54) is 34.1 Å². The van der Waals surface area contributed by atoms with E-state index in [0.717, 1.165) is 24.2 Å². The summed E-state index contributed by atoms with van der Waals surface area (Å²) in [7, 11) is 0. The third-order valence-electron chi connectivity index (χ3n) is 5.74. The number of allylic oxidation sites excluding steroid dienone is 1. The molecule has 2 aliphatic rings. The fourth-order valence-corrected chi connectivity index (χ4v) is 5.11. The van der Waals surface area contributed by atoms with Crippen molar-refractivity contribution in [3.8, 4) is 0 Å². The predicted octanol–water partition coefficient (Wildman–Crippen LogP) is 6.30. The number of amidine groups is 1. The normalized spacial score (nSPS) is 20.1. The Hall–Kier alpha value is -2.79. The van der Waals surface area contributed by atoms with E-state index in [1.54, 1.807) is 0 Å². The molecule has 31 heavy (non-hydrogen) atoms. The van der Waals surface area contributed by atoms with Crippen LogP contribution in [0.15, 0.2) is 58.4 Å². The van der Waals surface area contributed by atoms with Gasteiger partial charge in [-0.2, -0.15) is 0 Å². The molecule has 0 saturated carbocycles. The topological polar surface area (TPSA) is 44.7 Å². The van der Waals surface area contributed by atoms with Gasteiger partial charge in [-0.3, -0.25) is 4.79 Å². The van der Waals surface area contributed by atoms with Gasteiger partial charge in [0.15, 0.2) is 5.17 Å². The van der Waals surface area contributed by atoms with Crippen molar-refractivity contribution in [1.82, 2.24) is 5.32 Å². The molecule has 0 aromatic heterocycles. The predicted molar refractivity (Wildman–Crippen MR) is 134 cm³/mol. The quantitative estimate of drug-likeness (QED) is 0.578. The summed E-state index contributed by atoms with van der Waals surface area (Å²) < 4.78 is 0. The molecular weight excluding hydrogens is 402 g/mol. The molecule has 2 heterocycles. The minimum atomic E-state index is -0.0993. The Bertz CT molecular complexity index is 1110. The number of hydrogen-bond acceptors (Lipinski definition) is 4. The molecule has 0 spiro atoms. The second-order valence-corrected chi connectivity index (χ2v) is 9.71. The van der Waals surface area contributed by atoms with Crippen molar-refractivity contribution < 1.29 is 4.79 Å². The smallest absolute Gasteiger partial charge is 0.264 e. The number of para-hydroxylation sites is 1. The van der Waals surface area contributed by atoms with Crippen molar-refractivity contribution in [1.29, 1.82) is 0 Å². The van der Waals surface area contributed by atoms with Crippen LogP contribution in [0.2, 0.25) is 0 Å². The summed E-state index contributed by atoms with van der Waals surface area (Å²) in [5.74, 6) is -0.0993. The number of benzene rings is 2. The van der Waals surface area contributed by atoms with Crippen molar-refractivity contribution in [2.45, 2.75) is 46.6 Å². The second-order valence-electron chi connectivity index (χ2n) is 8.68. The molecule has 0 unspecified atom stereocenters. The van der Waals surface area contributed by atoms with Gasteiger partial charge in [-0.05, 0) is 92.9 Å². The lowest BCUT2D eigenvalue weighted by atomic mass is 9.86. The minimum Gasteiger partial charge on any atom is -0.362 e. The molecule has 2 aliphatic heterocycles. The lowest BCUT2D eigenvalue weighted by Crippen LogP contribution is -2.45. The molecule has 4 nitrogen and oxygen atoms in total. The van der Waals surface area contributed by atoms with Gasteiger partial charge < -0.3 is 10.2 Å². The van der Waals surface area contributed by atoms with Gasteiger partial charge in [-0.25, -0.2) is 4.99 Å². The molecule has 1 fully saturated rings. The first kappa shape index (κ1) is 21.4. The number of fused-ring (bicyclic) bond motifs is 1. The Morgan fingerprint density at radius 3 is 2.61 bits per heavy atom. The Morgan fingerprint density at radius 2 is 1.90 bits per heavy atom. The van der Waals surface area contributed by atoms with Gasteiger partial charge in [0.1, 0.15) is 0 Å². The van der Waals surface area contributed by atoms with E-state index in [-0.39, 0.29) is 11.4 Å². The first-order valence-electron chi connectivity index (χ1n) is 10.8. The number of anilines is 1. The van der Waals surface area contributed by atoms with Gasteiger partial charge >= 0.3 is 0 Å². The van der Waals surface area contributed by atoms with Crippen LogP contribution in [0.1, 0.15) is 50.8 Å². The van der Waals surface area contributed by atoms with Gasteiger partial charge in [0, 0.05) is 17.8 Å². The lowest BCUT2D eigenvalue weighted by Gasteiger charge is -2.43. The van der Waals surface area contributed by atoms with Crippen molar-refractivity contribution in [2.75, 3.05) is 11.4 Å². The Balaban J connectivity index is 1.69. The van der Waals surface area contributed by atoms with Crippen LogP contribution < -0.4 is 10.2 Å². The molecule has 1 amide bonds. The maximum absolute atomic E-state index is 12.6. The number of carbonyl (C=O) groups excluding carboxylic acids is 1. The fraction of sp³-hybridized carbons (Fsp3) is 0.308. The van der Waals surface area contributed by atoms with Crippen LogP contribution in [0.3, 0.4) is 0 Å². The number of aliphatic imine (C=N–C) groups is 1. The van der Waals surface area contributed by atoms with Crippen LogP contribution in [0.5, 0.6) is 0 Å². The van der Waals surface area contributed by atoms with E-state index in [4.69, 9.17) is 0 Å². The van der Waals surface area contributed by atoms with E-state index in [9.17, 15) is 4.79 Å². The van der Waals surface area contributed by atoms with E-state index in [0.29, 0.717) is 10.1 Å². The number of aryl methyl sites for hydroxylation is 1. The lowest BCUT2D eigenvalue weighted by molar-refractivity contribution is -0.115. The molecule has 0 radical (unpaired) electrons. The standard InChI is InChI=1S/C26H29N3OS/c1-6-12-29-22-13-17(2)19(14-21(22)18(3)16-26(29,4)5)15-23-24(30)28-25(31-23)27-20-10-8-7-9-11-20/h7-11,13-16H,6,12H2,1-5H3,(H,27,28,30)/b23-15+. The maximum atomic E-state index is 12.6. The highest BCUT2D eigenvalue weighted by molar-refractivity contribution is 8.18. The summed E-state index contributed by atoms with van der Waals surface area (Å²) in [6, 6.07) is 14.2. The Morgan fingerprint density at radius 1 is 1.16 bits per heavy atom. The van der Waals surface area contributed by atoms with Gasteiger partial charge in [0.05, 0.1) is 16.1 Å². The summed E-state index contributed by atoms with van der Waals surface area (Å²) in [6.45, 7) is 12.1. The summed E-state index contributed by atoms with van der Waals surface area (Å²) >= 11 is 1.39. The largest absolute Gasteiger partial charge is 0.362 e. The van der Waals surface area contributed by atoms with Crippen molar-refractivity contribution >= 4 is 45.9 Å². The number of thioether (sulfide) groups is 1. The number of nitrogens with one attached hydrogen (secondary N) is 1. The first-order chi connectivity index (χ1) is 14.8. The van der Waals surface area contributed by atoms with Crippen molar-refractivity contribution in [3.63, 3.8) is 0 Å². The summed E-state index contributed by atoms with van der Waals surface area (Å²) in [6.07, 6.45) is 5.43. The summed E-state index contributed by atoms with van der Waals surface area (Å²) in [4.78, 5) is 20.3. The minimum absolute atomic E-state index is 0.0104. The third-order valence-corrected chi connectivity index (χ3v) is 6.65. The number of hydrogen-bond donors (Lipinski definition) is 1. The zero-order chi connectivity index (χ0) is 22.2. The molecule has 4 rings (SSSR count). The van der Waals surface area contributed by atoms with Crippen LogP contribution in [-0.4, -0.2) is 23.2 Å². The molecule has 5 heteroatoms. The van der Waals surface area contributed by atoms with E-state index in [1.807, 2.05) is 36.4 Å². The monoisotopic (exact) mass is 431 g/mol. The highest BCUT2D eigenvalue weighted by atomic mass is 32.2. The van der Waals surface area contributed by atoms with E-state index in [2.05, 4.69) is 68.0 Å². The highest BCUT2D eigenvalue weighted by Gasteiger charge is 2.31. The first-order valence-corrected chi connectivity index (χ1v) is 11.6. The number of nitrogens with zero attached hydrogens (tertiary/aromatic N) is 2. The van der Waals surface area contributed by atoms with Gasteiger partial charge in [-0.1, -0.05) is 31.2 Å². The molecule has 0 atom stereocenters. The van der Waals surface area contributed by atoms with E-state index < -0.39 is 0 Å². The average Bonchev–Trinajstić information content (AvgIpc) is 3.05.